The third kappa shape index (κ3) is 3.42. The highest BCUT2D eigenvalue weighted by molar-refractivity contribution is 7.89. The van der Waals surface area contributed by atoms with Crippen molar-refractivity contribution in [3.05, 3.63) is 29.8 Å². The first-order valence-electron chi connectivity index (χ1n) is 8.27. The van der Waals surface area contributed by atoms with Gasteiger partial charge >= 0.3 is 0 Å². The molecule has 0 spiro atoms. The molecule has 0 aliphatic carbocycles. The topological polar surface area (TPSA) is 73.2 Å². The monoisotopic (exact) mass is 333 g/mol. The van der Waals surface area contributed by atoms with E-state index in [2.05, 4.69) is 16.5 Å². The fraction of sp³-hybridized carbons (Fsp3) is 0.588. The molecule has 1 N–H and O–H groups in total. The molecule has 1 unspecified atom stereocenters. The van der Waals surface area contributed by atoms with E-state index in [1.807, 2.05) is 6.07 Å². The molecule has 3 heterocycles. The number of nitrogens with zero attached hydrogens (tertiary/aromatic N) is 2. The quantitative estimate of drug-likeness (QED) is 0.894. The van der Waals surface area contributed by atoms with E-state index in [0.717, 1.165) is 31.3 Å². The van der Waals surface area contributed by atoms with Crippen LogP contribution >= 0.6 is 0 Å². The zero-order chi connectivity index (χ0) is 16.4. The first-order valence-corrected chi connectivity index (χ1v) is 9.75. The van der Waals surface area contributed by atoms with Crippen LogP contribution in [0.3, 0.4) is 0 Å². The Labute approximate surface area is 138 Å². The average Bonchev–Trinajstić information content (AvgIpc) is 2.60. The van der Waals surface area contributed by atoms with Gasteiger partial charge in [-0.05, 0) is 49.4 Å². The van der Waals surface area contributed by atoms with E-state index in [-0.39, 0.29) is 4.90 Å². The summed E-state index contributed by atoms with van der Waals surface area (Å²) in [5.74, 6) is 1.50. The third-order valence-corrected chi connectivity index (χ3v) is 6.74. The molecule has 0 saturated carbocycles. The lowest BCUT2D eigenvalue weighted by atomic mass is 9.74. The minimum absolute atomic E-state index is 0.166. The van der Waals surface area contributed by atoms with Crippen LogP contribution in [0.5, 0.6) is 0 Å². The van der Waals surface area contributed by atoms with E-state index in [9.17, 15) is 8.42 Å². The molecule has 4 atom stereocenters. The standard InChI is InChI=1S/C17H23N3O2S/c1-2-14-12-20-7-6-15(14)9-16(20)11-19-23(21,22)17-5-3-4-13(8-17)10-18/h3-5,8,14-16,19H,2,6-7,9,11-12H2,1H3/t14-,15-,16+/m0/s1. The van der Waals surface area contributed by atoms with Crippen molar-refractivity contribution in [3.8, 4) is 6.07 Å². The predicted octanol–water partition coefficient (Wildman–Crippen LogP) is 1.96. The molecule has 3 fully saturated rings. The predicted molar refractivity (Wildman–Crippen MR) is 88.2 cm³/mol. The lowest BCUT2D eigenvalue weighted by molar-refractivity contribution is 0.00236. The van der Waals surface area contributed by atoms with Gasteiger partial charge < -0.3 is 0 Å². The van der Waals surface area contributed by atoms with Crippen molar-refractivity contribution in [3.63, 3.8) is 0 Å². The second-order valence-electron chi connectivity index (χ2n) is 6.59. The summed E-state index contributed by atoms with van der Waals surface area (Å²) in [6.07, 6.45) is 3.53. The van der Waals surface area contributed by atoms with Crippen molar-refractivity contribution in [2.24, 2.45) is 11.8 Å². The Balaban J connectivity index is 1.65. The Morgan fingerprint density at radius 1 is 1.43 bits per heavy atom. The lowest BCUT2D eigenvalue weighted by Crippen LogP contribution is -2.56. The van der Waals surface area contributed by atoms with Crippen LogP contribution in [0, 0.1) is 23.2 Å². The molecule has 3 aliphatic rings. The molecule has 6 heteroatoms. The Morgan fingerprint density at radius 3 is 2.91 bits per heavy atom. The van der Waals surface area contributed by atoms with Gasteiger partial charge in [-0.15, -0.1) is 0 Å². The Hall–Kier alpha value is -1.42. The largest absolute Gasteiger partial charge is 0.299 e. The van der Waals surface area contributed by atoms with Gasteiger partial charge in [-0.1, -0.05) is 19.4 Å². The average molecular weight is 333 g/mol. The molecule has 3 aliphatic heterocycles. The van der Waals surface area contributed by atoms with Gasteiger partial charge in [0.05, 0.1) is 16.5 Å². The zero-order valence-electron chi connectivity index (χ0n) is 13.4. The first-order chi connectivity index (χ1) is 11.0. The van der Waals surface area contributed by atoms with Crippen LogP contribution < -0.4 is 4.72 Å². The van der Waals surface area contributed by atoms with Gasteiger partial charge in [-0.3, -0.25) is 4.90 Å². The summed E-state index contributed by atoms with van der Waals surface area (Å²) in [6, 6.07) is 8.43. The van der Waals surface area contributed by atoms with Crippen LogP contribution in [0.4, 0.5) is 0 Å². The van der Waals surface area contributed by atoms with Gasteiger partial charge in [0.2, 0.25) is 10.0 Å². The van der Waals surface area contributed by atoms with Crippen molar-refractivity contribution in [1.29, 1.82) is 5.26 Å². The van der Waals surface area contributed by atoms with E-state index in [4.69, 9.17) is 5.26 Å². The van der Waals surface area contributed by atoms with E-state index < -0.39 is 10.0 Å². The Kier molecular flexibility index (Phi) is 4.72. The number of sulfonamides is 1. The summed E-state index contributed by atoms with van der Waals surface area (Å²) in [5.41, 5.74) is 0.360. The van der Waals surface area contributed by atoms with Gasteiger partial charge in [-0.2, -0.15) is 5.26 Å². The molecule has 124 valence electrons. The van der Waals surface area contributed by atoms with Gasteiger partial charge in [0.15, 0.2) is 0 Å². The Bertz CT molecular complexity index is 711. The van der Waals surface area contributed by atoms with Crippen LogP contribution in [-0.2, 0) is 10.0 Å². The van der Waals surface area contributed by atoms with Crippen LogP contribution in [0.1, 0.15) is 31.7 Å². The number of piperidine rings is 3. The molecular formula is C17H23N3O2S. The van der Waals surface area contributed by atoms with Crippen molar-refractivity contribution < 1.29 is 8.42 Å². The van der Waals surface area contributed by atoms with Crippen LogP contribution in [-0.4, -0.2) is 39.0 Å². The summed E-state index contributed by atoms with van der Waals surface area (Å²) in [7, 11) is -3.56. The van der Waals surface area contributed by atoms with Crippen LogP contribution in [0.15, 0.2) is 29.2 Å². The normalized spacial score (nSPS) is 30.1. The molecule has 0 amide bonds. The highest BCUT2D eigenvalue weighted by Gasteiger charge is 2.39. The number of hydrogen-bond acceptors (Lipinski definition) is 4. The highest BCUT2D eigenvalue weighted by atomic mass is 32.2. The van der Waals surface area contributed by atoms with Crippen molar-refractivity contribution in [2.75, 3.05) is 19.6 Å². The molecule has 0 aromatic heterocycles. The second kappa shape index (κ2) is 6.60. The first kappa shape index (κ1) is 16.4. The molecule has 4 rings (SSSR count). The number of nitrogens with one attached hydrogen (secondary N) is 1. The molecule has 3 saturated heterocycles. The fourth-order valence-corrected chi connectivity index (χ4v) is 5.06. The van der Waals surface area contributed by atoms with E-state index in [1.54, 1.807) is 12.1 Å². The molecule has 23 heavy (non-hydrogen) atoms. The molecule has 5 nitrogen and oxygen atoms in total. The fourth-order valence-electron chi connectivity index (χ4n) is 3.95. The number of fused-ring (bicyclic) bond motifs is 3. The SMILES string of the molecule is CC[C@H]1CN2CC[C@H]1C[C@@H]2CNS(=O)(=O)c1cccc(C#N)c1. The lowest BCUT2D eigenvalue weighted by Gasteiger charge is -2.49. The molecule has 1 aromatic rings. The summed E-state index contributed by atoms with van der Waals surface area (Å²) >= 11 is 0. The second-order valence-corrected chi connectivity index (χ2v) is 8.36. The number of benzene rings is 1. The summed E-state index contributed by atoms with van der Waals surface area (Å²) in [5, 5.41) is 8.91. The number of hydrogen-bond donors (Lipinski definition) is 1. The van der Waals surface area contributed by atoms with Crippen molar-refractivity contribution >= 4 is 10.0 Å². The number of rotatable bonds is 5. The molecular weight excluding hydrogens is 310 g/mol. The highest BCUT2D eigenvalue weighted by Crippen LogP contribution is 2.37. The van der Waals surface area contributed by atoms with E-state index in [0.29, 0.717) is 18.2 Å². The molecule has 2 bridgehead atoms. The number of nitriles is 1. The Morgan fingerprint density at radius 2 is 2.26 bits per heavy atom. The maximum Gasteiger partial charge on any atom is 0.240 e. The minimum atomic E-state index is -3.56. The molecule has 0 radical (unpaired) electrons. The van der Waals surface area contributed by atoms with E-state index in [1.165, 1.54) is 25.0 Å². The van der Waals surface area contributed by atoms with E-state index >= 15 is 0 Å². The van der Waals surface area contributed by atoms with Crippen LogP contribution in [0.2, 0.25) is 0 Å². The minimum Gasteiger partial charge on any atom is -0.299 e. The van der Waals surface area contributed by atoms with Gasteiger partial charge in [0.25, 0.3) is 0 Å². The van der Waals surface area contributed by atoms with Crippen molar-refractivity contribution in [1.82, 2.24) is 9.62 Å². The third-order valence-electron chi connectivity index (χ3n) is 5.32. The van der Waals surface area contributed by atoms with Crippen LogP contribution in [0.25, 0.3) is 0 Å². The summed E-state index contributed by atoms with van der Waals surface area (Å²) in [4.78, 5) is 2.60. The van der Waals surface area contributed by atoms with Gasteiger partial charge in [0, 0.05) is 19.1 Å². The maximum atomic E-state index is 12.4. The van der Waals surface area contributed by atoms with Crippen molar-refractivity contribution in [2.45, 2.75) is 37.1 Å². The summed E-state index contributed by atoms with van der Waals surface area (Å²) < 4.78 is 27.6. The molecule has 1 aromatic carbocycles. The summed E-state index contributed by atoms with van der Waals surface area (Å²) in [6.45, 7) is 4.87. The zero-order valence-corrected chi connectivity index (χ0v) is 14.2. The van der Waals surface area contributed by atoms with Gasteiger partial charge in [0.1, 0.15) is 0 Å². The maximum absolute atomic E-state index is 12.4. The smallest absolute Gasteiger partial charge is 0.240 e. The van der Waals surface area contributed by atoms with Gasteiger partial charge in [-0.25, -0.2) is 13.1 Å².